The minimum atomic E-state index is -0.250. The van der Waals surface area contributed by atoms with Crippen LogP contribution in [0.3, 0.4) is 0 Å². The van der Waals surface area contributed by atoms with Crippen molar-refractivity contribution >= 4 is 32.9 Å². The average molecular weight is 683 g/mol. The fourth-order valence-corrected chi connectivity index (χ4v) is 7.51. The summed E-state index contributed by atoms with van der Waals surface area (Å²) < 4.78 is 6.47. The van der Waals surface area contributed by atoms with Gasteiger partial charge in [0.15, 0.2) is 12.1 Å². The maximum atomic E-state index is 6.47. The Balaban J connectivity index is 1.06. The average Bonchev–Trinajstić information content (AvgIpc) is 3.69. The van der Waals surface area contributed by atoms with E-state index in [1.54, 1.807) is 0 Å². The summed E-state index contributed by atoms with van der Waals surface area (Å²) in [4.78, 5) is 15.4. The highest BCUT2D eigenvalue weighted by atomic mass is 16.5. The van der Waals surface area contributed by atoms with E-state index in [2.05, 4.69) is 121 Å². The number of allylic oxidation sites excluding steroid dienone is 4. The van der Waals surface area contributed by atoms with Crippen molar-refractivity contribution in [3.8, 4) is 50.8 Å². The molecule has 1 aliphatic heterocycles. The third-order valence-electron chi connectivity index (χ3n) is 10.2. The van der Waals surface area contributed by atoms with Crippen molar-refractivity contribution in [2.45, 2.75) is 19.1 Å². The quantitative estimate of drug-likeness (QED) is 0.177. The second kappa shape index (κ2) is 13.0. The van der Waals surface area contributed by atoms with Crippen molar-refractivity contribution in [2.24, 2.45) is 0 Å². The van der Waals surface area contributed by atoms with Crippen LogP contribution in [0, 0.1) is 0 Å². The number of hydrogen-bond donors (Lipinski definition) is 1. The zero-order valence-electron chi connectivity index (χ0n) is 28.9. The molecule has 0 saturated heterocycles. The zero-order valence-corrected chi connectivity index (χ0v) is 28.9. The molecule has 2 aromatic heterocycles. The summed E-state index contributed by atoms with van der Waals surface area (Å²) in [6.07, 6.45) is 8.30. The Hall–Kier alpha value is -6.85. The number of pyridine rings is 1. The normalized spacial score (nSPS) is 14.8. The number of benzene rings is 6. The summed E-state index contributed by atoms with van der Waals surface area (Å²) in [6, 6.07) is 52.4. The monoisotopic (exact) mass is 682 g/mol. The van der Waals surface area contributed by atoms with Crippen molar-refractivity contribution in [1.29, 1.82) is 0 Å². The molecule has 0 radical (unpaired) electrons. The molecule has 3 heterocycles. The standard InChI is InChI=1S/C48H34N4O/c1-5-13-32(14-6-1)40-30-41(51-47(50-40)35-17-9-3-10-18-35)33-23-21-31(22-24-33)37-25-26-38-42(29-37)49-45(34-15-7-2-8-16-34)39-27-28-43-46(44(38)39)52-48(53-43)36-19-11-4-12-20-36/h1-7,9-15,17-30,48,52H,8,16H2. The Morgan fingerprint density at radius 3 is 1.92 bits per heavy atom. The Morgan fingerprint density at radius 2 is 1.21 bits per heavy atom. The number of nitrogens with one attached hydrogen (secondary N) is 1. The van der Waals surface area contributed by atoms with Gasteiger partial charge in [-0.25, -0.2) is 15.0 Å². The molecule has 1 unspecified atom stereocenters. The molecular formula is C48H34N4O. The number of rotatable bonds is 6. The lowest BCUT2D eigenvalue weighted by Gasteiger charge is -2.16. The first-order chi connectivity index (χ1) is 26.2. The van der Waals surface area contributed by atoms with Crippen LogP contribution < -0.4 is 10.1 Å². The molecule has 5 heteroatoms. The van der Waals surface area contributed by atoms with Gasteiger partial charge in [0.25, 0.3) is 0 Å². The molecular weight excluding hydrogens is 649 g/mol. The van der Waals surface area contributed by atoms with E-state index in [1.807, 2.05) is 54.6 Å². The fraction of sp³-hybridized carbons (Fsp3) is 0.0625. The molecule has 5 nitrogen and oxygen atoms in total. The lowest BCUT2D eigenvalue weighted by molar-refractivity contribution is 0.260. The highest BCUT2D eigenvalue weighted by Gasteiger charge is 2.27. The lowest BCUT2D eigenvalue weighted by atomic mass is 9.93. The SMILES string of the molecule is C1=CCCC(c2nc3cc(-c4ccc(-c5cc(-c6ccccc6)nc(-c6ccccc6)n5)cc4)ccc3c3c4c(ccc23)OC(c2ccccc2)N4)=C1. The topological polar surface area (TPSA) is 59.9 Å². The summed E-state index contributed by atoms with van der Waals surface area (Å²) in [5.41, 5.74) is 12.4. The molecule has 6 aromatic carbocycles. The fourth-order valence-electron chi connectivity index (χ4n) is 7.51. The van der Waals surface area contributed by atoms with Crippen LogP contribution in [0.15, 0.2) is 170 Å². The molecule has 0 amide bonds. The van der Waals surface area contributed by atoms with E-state index in [0.717, 1.165) is 96.4 Å². The van der Waals surface area contributed by atoms with Gasteiger partial charge in [-0.2, -0.15) is 0 Å². The van der Waals surface area contributed by atoms with Gasteiger partial charge in [-0.05, 0) is 53.8 Å². The number of hydrogen-bond acceptors (Lipinski definition) is 5. The second-order valence-corrected chi connectivity index (χ2v) is 13.5. The summed E-state index contributed by atoms with van der Waals surface area (Å²) in [6.45, 7) is 0. The summed E-state index contributed by atoms with van der Waals surface area (Å²) in [7, 11) is 0. The lowest BCUT2D eigenvalue weighted by Crippen LogP contribution is -2.09. The van der Waals surface area contributed by atoms with Gasteiger partial charge < -0.3 is 10.1 Å². The predicted molar refractivity (Wildman–Crippen MR) is 216 cm³/mol. The third kappa shape index (κ3) is 5.73. The number of nitrogens with zero attached hydrogens (tertiary/aromatic N) is 3. The highest BCUT2D eigenvalue weighted by Crippen LogP contribution is 2.47. The number of aromatic nitrogens is 3. The molecule has 252 valence electrons. The van der Waals surface area contributed by atoms with E-state index in [-0.39, 0.29) is 6.23 Å². The number of fused-ring (bicyclic) bond motifs is 5. The van der Waals surface area contributed by atoms with Crippen LogP contribution in [-0.4, -0.2) is 15.0 Å². The largest absolute Gasteiger partial charge is 0.464 e. The van der Waals surface area contributed by atoms with Gasteiger partial charge in [-0.3, -0.25) is 0 Å². The summed E-state index contributed by atoms with van der Waals surface area (Å²) in [5.74, 6) is 1.57. The van der Waals surface area contributed by atoms with Crippen LogP contribution in [0.1, 0.15) is 30.3 Å². The maximum Gasteiger partial charge on any atom is 0.196 e. The number of ether oxygens (including phenoxy) is 1. The molecule has 53 heavy (non-hydrogen) atoms. The zero-order chi connectivity index (χ0) is 35.1. The summed E-state index contributed by atoms with van der Waals surface area (Å²) in [5, 5.41) is 7.09. The second-order valence-electron chi connectivity index (χ2n) is 13.5. The van der Waals surface area contributed by atoms with Crippen LogP contribution in [0.5, 0.6) is 5.75 Å². The van der Waals surface area contributed by atoms with E-state index < -0.39 is 0 Å². The van der Waals surface area contributed by atoms with Crippen molar-refractivity contribution in [3.05, 3.63) is 181 Å². The van der Waals surface area contributed by atoms with E-state index in [0.29, 0.717) is 5.82 Å². The van der Waals surface area contributed by atoms with Crippen LogP contribution >= 0.6 is 0 Å². The Bertz CT molecular complexity index is 2650. The van der Waals surface area contributed by atoms with Crippen molar-refractivity contribution < 1.29 is 4.74 Å². The minimum absolute atomic E-state index is 0.250. The van der Waals surface area contributed by atoms with Gasteiger partial charge in [-0.1, -0.05) is 146 Å². The Labute approximate surface area is 308 Å². The maximum absolute atomic E-state index is 6.47. The third-order valence-corrected chi connectivity index (χ3v) is 10.2. The van der Waals surface area contributed by atoms with Crippen LogP contribution in [0.4, 0.5) is 5.69 Å². The highest BCUT2D eigenvalue weighted by molar-refractivity contribution is 6.17. The first kappa shape index (κ1) is 30.9. The smallest absolute Gasteiger partial charge is 0.196 e. The van der Waals surface area contributed by atoms with Crippen molar-refractivity contribution in [3.63, 3.8) is 0 Å². The van der Waals surface area contributed by atoms with Crippen LogP contribution in [0.25, 0.3) is 72.3 Å². The first-order valence-electron chi connectivity index (χ1n) is 18.1. The van der Waals surface area contributed by atoms with Gasteiger partial charge in [0.05, 0.1) is 28.3 Å². The van der Waals surface area contributed by atoms with Gasteiger partial charge in [0, 0.05) is 38.4 Å². The minimum Gasteiger partial charge on any atom is -0.464 e. The first-order valence-corrected chi connectivity index (χ1v) is 18.1. The summed E-state index contributed by atoms with van der Waals surface area (Å²) >= 11 is 0. The van der Waals surface area contributed by atoms with E-state index in [4.69, 9.17) is 19.7 Å². The van der Waals surface area contributed by atoms with Crippen molar-refractivity contribution in [1.82, 2.24) is 15.0 Å². The van der Waals surface area contributed by atoms with Crippen molar-refractivity contribution in [2.75, 3.05) is 5.32 Å². The molecule has 2 aliphatic rings. The van der Waals surface area contributed by atoms with E-state index in [1.165, 1.54) is 5.57 Å². The molecule has 0 spiro atoms. The van der Waals surface area contributed by atoms with Gasteiger partial charge in [-0.15, -0.1) is 0 Å². The molecule has 0 bridgehead atoms. The van der Waals surface area contributed by atoms with E-state index >= 15 is 0 Å². The molecule has 10 rings (SSSR count). The molecule has 1 aliphatic carbocycles. The van der Waals surface area contributed by atoms with Gasteiger partial charge >= 0.3 is 0 Å². The van der Waals surface area contributed by atoms with Crippen LogP contribution in [-0.2, 0) is 0 Å². The molecule has 1 atom stereocenters. The van der Waals surface area contributed by atoms with Gasteiger partial charge in [0.1, 0.15) is 5.75 Å². The Morgan fingerprint density at radius 1 is 0.566 bits per heavy atom. The van der Waals surface area contributed by atoms with Crippen LogP contribution in [0.2, 0.25) is 0 Å². The molecule has 0 fully saturated rings. The molecule has 0 saturated carbocycles. The molecule has 1 N–H and O–H groups in total. The predicted octanol–water partition coefficient (Wildman–Crippen LogP) is 12.1. The molecule has 8 aromatic rings. The van der Waals surface area contributed by atoms with E-state index in [9.17, 15) is 0 Å². The Kier molecular flexibility index (Phi) is 7.61. The number of anilines is 1. The van der Waals surface area contributed by atoms with Gasteiger partial charge in [0.2, 0.25) is 0 Å².